The number of aromatic nitrogens is 1. The van der Waals surface area contributed by atoms with Gasteiger partial charge in [0, 0.05) is 5.69 Å². The molecule has 0 unspecified atom stereocenters. The van der Waals surface area contributed by atoms with E-state index in [1.54, 1.807) is 19.9 Å². The molecule has 5 heteroatoms. The average Bonchev–Trinajstić information content (AvgIpc) is 2.11. The highest BCUT2D eigenvalue weighted by Crippen LogP contribution is 2.24. The fourth-order valence-corrected chi connectivity index (χ4v) is 1.53. The predicted octanol–water partition coefficient (Wildman–Crippen LogP) is 1.46. The molecule has 0 radical (unpaired) electrons. The molecule has 1 rings (SSSR count). The van der Waals surface area contributed by atoms with Crippen molar-refractivity contribution in [3.05, 3.63) is 27.7 Å². The number of nitrogens with two attached hydrogens (primary N) is 1. The minimum atomic E-state index is -0.896. The largest absolute Gasteiger partial charge is 0.394 e. The summed E-state index contributed by atoms with van der Waals surface area (Å²) in [5, 5.41) is 9.07. The summed E-state index contributed by atoms with van der Waals surface area (Å²) in [6.07, 6.45) is 0. The van der Waals surface area contributed by atoms with E-state index in [9.17, 15) is 4.39 Å². The molecule has 3 nitrogen and oxygen atoms in total. The molecule has 0 spiro atoms. The number of aryl methyl sites for hydroxylation is 1. The number of rotatable bonds is 2. The van der Waals surface area contributed by atoms with E-state index in [1.165, 1.54) is 0 Å². The van der Waals surface area contributed by atoms with E-state index in [-0.39, 0.29) is 11.1 Å². The van der Waals surface area contributed by atoms with Gasteiger partial charge in [0.05, 0.1) is 16.6 Å². The first-order valence-electron chi connectivity index (χ1n) is 4.11. The third-order valence-corrected chi connectivity index (χ3v) is 2.62. The van der Waals surface area contributed by atoms with Crippen molar-refractivity contribution in [1.29, 1.82) is 0 Å². The van der Waals surface area contributed by atoms with Crippen molar-refractivity contribution in [2.24, 2.45) is 5.73 Å². The number of aliphatic hydroxyl groups is 1. The number of aliphatic hydroxyl groups excluding tert-OH is 1. The van der Waals surface area contributed by atoms with Crippen LogP contribution in [0.2, 0.25) is 0 Å². The Bertz CT molecular complexity index is 355. The standard InChI is InChI=1S/C9H12BrFN2O/c1-5-6(9(2,12)4-14)3-7(10)8(11)13-5/h3,14H,4,12H2,1-2H3/t9-/m1/s1. The number of nitrogens with zero attached hydrogens (tertiary/aromatic N) is 1. The van der Waals surface area contributed by atoms with Gasteiger partial charge < -0.3 is 10.8 Å². The molecular formula is C9H12BrFN2O. The van der Waals surface area contributed by atoms with E-state index in [4.69, 9.17) is 10.8 Å². The normalized spacial score (nSPS) is 15.3. The topological polar surface area (TPSA) is 59.1 Å². The van der Waals surface area contributed by atoms with Crippen LogP contribution in [0.5, 0.6) is 0 Å². The van der Waals surface area contributed by atoms with Gasteiger partial charge in [-0.15, -0.1) is 0 Å². The summed E-state index contributed by atoms with van der Waals surface area (Å²) in [4.78, 5) is 3.68. The number of halogens is 2. The first-order valence-corrected chi connectivity index (χ1v) is 4.90. The lowest BCUT2D eigenvalue weighted by Gasteiger charge is -2.24. The Morgan fingerprint density at radius 3 is 2.79 bits per heavy atom. The third-order valence-electron chi connectivity index (χ3n) is 2.07. The Labute approximate surface area is 90.3 Å². The highest BCUT2D eigenvalue weighted by atomic mass is 79.9. The highest BCUT2D eigenvalue weighted by molar-refractivity contribution is 9.10. The maximum Gasteiger partial charge on any atom is 0.227 e. The molecule has 0 aromatic carbocycles. The third kappa shape index (κ3) is 2.10. The molecule has 3 N–H and O–H groups in total. The minimum Gasteiger partial charge on any atom is -0.394 e. The summed E-state index contributed by atoms with van der Waals surface area (Å²) < 4.78 is 13.2. The quantitative estimate of drug-likeness (QED) is 0.794. The van der Waals surface area contributed by atoms with E-state index in [1.807, 2.05) is 0 Å². The van der Waals surface area contributed by atoms with Crippen LogP contribution >= 0.6 is 15.9 Å². The van der Waals surface area contributed by atoms with Gasteiger partial charge in [-0.3, -0.25) is 0 Å². The Morgan fingerprint density at radius 2 is 2.29 bits per heavy atom. The summed E-state index contributed by atoms with van der Waals surface area (Å²) in [5.74, 6) is -0.569. The molecule has 0 amide bonds. The number of pyridine rings is 1. The van der Waals surface area contributed by atoms with Gasteiger partial charge in [0.2, 0.25) is 5.95 Å². The van der Waals surface area contributed by atoms with Crippen molar-refractivity contribution in [2.45, 2.75) is 19.4 Å². The van der Waals surface area contributed by atoms with E-state index in [2.05, 4.69) is 20.9 Å². The number of hydrogen-bond acceptors (Lipinski definition) is 3. The van der Waals surface area contributed by atoms with Gasteiger partial charge in [0.15, 0.2) is 0 Å². The molecule has 14 heavy (non-hydrogen) atoms. The second-order valence-electron chi connectivity index (χ2n) is 3.47. The Morgan fingerprint density at radius 1 is 1.71 bits per heavy atom. The van der Waals surface area contributed by atoms with Crippen LogP contribution in [0.3, 0.4) is 0 Å². The summed E-state index contributed by atoms with van der Waals surface area (Å²) >= 11 is 3.03. The molecule has 78 valence electrons. The van der Waals surface area contributed by atoms with Crippen molar-refractivity contribution in [3.8, 4) is 0 Å². The molecule has 0 saturated heterocycles. The van der Waals surface area contributed by atoms with Gasteiger partial charge in [-0.25, -0.2) is 4.98 Å². The lowest BCUT2D eigenvalue weighted by Crippen LogP contribution is -2.38. The summed E-state index contributed by atoms with van der Waals surface area (Å²) in [6.45, 7) is 3.11. The van der Waals surface area contributed by atoms with Crippen molar-refractivity contribution < 1.29 is 9.50 Å². The molecule has 1 atom stereocenters. The molecule has 1 aromatic rings. The first-order chi connectivity index (χ1) is 6.38. The molecular weight excluding hydrogens is 251 g/mol. The molecule has 0 bridgehead atoms. The number of hydrogen-bond donors (Lipinski definition) is 2. The van der Waals surface area contributed by atoms with Crippen LogP contribution in [-0.2, 0) is 5.54 Å². The van der Waals surface area contributed by atoms with Crippen LogP contribution in [0, 0.1) is 12.9 Å². The lowest BCUT2D eigenvalue weighted by molar-refractivity contribution is 0.209. The molecule has 0 saturated carbocycles. The lowest BCUT2D eigenvalue weighted by atomic mass is 9.93. The van der Waals surface area contributed by atoms with Crippen LogP contribution < -0.4 is 5.73 Å². The van der Waals surface area contributed by atoms with Crippen LogP contribution in [-0.4, -0.2) is 16.7 Å². The van der Waals surface area contributed by atoms with Gasteiger partial charge in [0.25, 0.3) is 0 Å². The summed E-state index contributed by atoms with van der Waals surface area (Å²) in [5.41, 5.74) is 6.05. The Kier molecular flexibility index (Phi) is 3.24. The average molecular weight is 263 g/mol. The fourth-order valence-electron chi connectivity index (χ4n) is 1.21. The predicted molar refractivity (Wildman–Crippen MR) is 55.3 cm³/mol. The molecule has 1 heterocycles. The van der Waals surface area contributed by atoms with Crippen molar-refractivity contribution in [2.75, 3.05) is 6.61 Å². The van der Waals surface area contributed by atoms with E-state index in [0.717, 1.165) is 0 Å². The summed E-state index contributed by atoms with van der Waals surface area (Å²) in [7, 11) is 0. The van der Waals surface area contributed by atoms with Crippen molar-refractivity contribution >= 4 is 15.9 Å². The van der Waals surface area contributed by atoms with E-state index < -0.39 is 11.5 Å². The van der Waals surface area contributed by atoms with E-state index in [0.29, 0.717) is 11.3 Å². The molecule has 0 fully saturated rings. The second kappa shape index (κ2) is 3.92. The SMILES string of the molecule is Cc1nc(F)c(Br)cc1[C@](C)(N)CO. The van der Waals surface area contributed by atoms with Gasteiger partial charge in [-0.1, -0.05) is 0 Å². The van der Waals surface area contributed by atoms with Gasteiger partial charge in [-0.2, -0.15) is 4.39 Å². The van der Waals surface area contributed by atoms with E-state index >= 15 is 0 Å². The zero-order valence-electron chi connectivity index (χ0n) is 8.01. The Balaban J connectivity index is 3.29. The van der Waals surface area contributed by atoms with Crippen LogP contribution in [0.1, 0.15) is 18.2 Å². The van der Waals surface area contributed by atoms with Crippen molar-refractivity contribution in [1.82, 2.24) is 4.98 Å². The first kappa shape index (κ1) is 11.6. The Hall–Kier alpha value is -0.520. The monoisotopic (exact) mass is 262 g/mol. The maximum atomic E-state index is 13.0. The minimum absolute atomic E-state index is 0.215. The van der Waals surface area contributed by atoms with Gasteiger partial charge in [0.1, 0.15) is 0 Å². The fraction of sp³-hybridized carbons (Fsp3) is 0.444. The van der Waals surface area contributed by atoms with Gasteiger partial charge in [-0.05, 0) is 41.4 Å². The highest BCUT2D eigenvalue weighted by Gasteiger charge is 2.24. The van der Waals surface area contributed by atoms with Crippen LogP contribution in [0.4, 0.5) is 4.39 Å². The molecule has 1 aromatic heterocycles. The summed E-state index contributed by atoms with van der Waals surface area (Å²) in [6, 6.07) is 1.55. The van der Waals surface area contributed by atoms with Crippen LogP contribution in [0.25, 0.3) is 0 Å². The van der Waals surface area contributed by atoms with Crippen LogP contribution in [0.15, 0.2) is 10.5 Å². The van der Waals surface area contributed by atoms with Crippen molar-refractivity contribution in [3.63, 3.8) is 0 Å². The maximum absolute atomic E-state index is 13.0. The molecule has 0 aliphatic carbocycles. The molecule has 0 aliphatic rings. The molecule has 0 aliphatic heterocycles. The second-order valence-corrected chi connectivity index (χ2v) is 4.32. The smallest absolute Gasteiger partial charge is 0.227 e. The zero-order chi connectivity index (χ0) is 10.9. The van der Waals surface area contributed by atoms with Gasteiger partial charge >= 0.3 is 0 Å². The zero-order valence-corrected chi connectivity index (χ0v) is 9.60.